The lowest BCUT2D eigenvalue weighted by molar-refractivity contribution is 0.202. The summed E-state index contributed by atoms with van der Waals surface area (Å²) in [6.45, 7) is 9.05. The molecule has 0 N–H and O–H groups in total. The van der Waals surface area contributed by atoms with Gasteiger partial charge in [-0.2, -0.15) is 4.98 Å². The minimum atomic E-state index is 0.113. The highest BCUT2D eigenvalue weighted by atomic mass is 16.5. The van der Waals surface area contributed by atoms with E-state index in [1.54, 1.807) is 0 Å². The van der Waals surface area contributed by atoms with Crippen LogP contribution >= 0.6 is 0 Å². The van der Waals surface area contributed by atoms with Gasteiger partial charge < -0.3 is 4.52 Å². The molecular formula is C15H21N3O. The van der Waals surface area contributed by atoms with E-state index in [0.717, 1.165) is 6.54 Å². The number of hydrogen-bond acceptors (Lipinski definition) is 4. The Morgan fingerprint density at radius 1 is 1.26 bits per heavy atom. The van der Waals surface area contributed by atoms with Crippen LogP contribution in [0.2, 0.25) is 0 Å². The SMILES string of the molecule is Cc1ccc(CN(C)[C@@H](C)c2nc(C)no2)c(C)c1. The highest BCUT2D eigenvalue weighted by Crippen LogP contribution is 2.20. The monoisotopic (exact) mass is 259 g/mol. The smallest absolute Gasteiger partial charge is 0.243 e. The third kappa shape index (κ3) is 3.20. The van der Waals surface area contributed by atoms with E-state index in [0.29, 0.717) is 11.7 Å². The third-order valence-corrected chi connectivity index (χ3v) is 3.48. The van der Waals surface area contributed by atoms with Crippen LogP contribution in [0.1, 0.15) is 41.4 Å². The van der Waals surface area contributed by atoms with Crippen LogP contribution < -0.4 is 0 Å². The minimum Gasteiger partial charge on any atom is -0.338 e. The van der Waals surface area contributed by atoms with Gasteiger partial charge in [0.05, 0.1) is 6.04 Å². The number of hydrogen-bond donors (Lipinski definition) is 0. The maximum Gasteiger partial charge on any atom is 0.243 e. The number of aryl methyl sites for hydroxylation is 3. The standard InChI is InChI=1S/C15H21N3O/c1-10-6-7-14(11(2)8-10)9-18(5)12(3)15-16-13(4)17-19-15/h6-8,12H,9H2,1-5H3/t12-/m0/s1. The van der Waals surface area contributed by atoms with Crippen molar-refractivity contribution in [3.8, 4) is 0 Å². The average molecular weight is 259 g/mol. The van der Waals surface area contributed by atoms with Crippen molar-refractivity contribution < 1.29 is 4.52 Å². The molecule has 0 radical (unpaired) electrons. The summed E-state index contributed by atoms with van der Waals surface area (Å²) in [5.74, 6) is 1.35. The van der Waals surface area contributed by atoms with Gasteiger partial charge in [0.25, 0.3) is 0 Å². The molecule has 2 rings (SSSR count). The number of aromatic nitrogens is 2. The van der Waals surface area contributed by atoms with Crippen LogP contribution in [-0.2, 0) is 6.54 Å². The lowest BCUT2D eigenvalue weighted by atomic mass is 10.1. The first-order valence-corrected chi connectivity index (χ1v) is 6.54. The predicted molar refractivity (Wildman–Crippen MR) is 74.8 cm³/mol. The molecule has 0 fully saturated rings. The van der Waals surface area contributed by atoms with Gasteiger partial charge in [-0.15, -0.1) is 0 Å². The maximum absolute atomic E-state index is 5.23. The summed E-state index contributed by atoms with van der Waals surface area (Å²) in [7, 11) is 2.07. The fourth-order valence-corrected chi connectivity index (χ4v) is 2.10. The molecule has 0 saturated carbocycles. The lowest BCUT2D eigenvalue weighted by Crippen LogP contribution is -2.22. The molecule has 1 heterocycles. The Labute approximate surface area is 114 Å². The summed E-state index contributed by atoms with van der Waals surface area (Å²) in [6.07, 6.45) is 0. The summed E-state index contributed by atoms with van der Waals surface area (Å²) >= 11 is 0. The quantitative estimate of drug-likeness (QED) is 0.845. The minimum absolute atomic E-state index is 0.113. The van der Waals surface area contributed by atoms with Crippen molar-refractivity contribution in [2.45, 2.75) is 40.3 Å². The van der Waals surface area contributed by atoms with Crippen molar-refractivity contribution in [2.24, 2.45) is 0 Å². The normalized spacial score (nSPS) is 12.9. The van der Waals surface area contributed by atoms with E-state index in [4.69, 9.17) is 4.52 Å². The molecule has 0 aliphatic heterocycles. The molecule has 0 spiro atoms. The van der Waals surface area contributed by atoms with E-state index >= 15 is 0 Å². The number of rotatable bonds is 4. The Morgan fingerprint density at radius 3 is 2.58 bits per heavy atom. The van der Waals surface area contributed by atoms with Gasteiger partial charge in [-0.3, -0.25) is 4.90 Å². The molecule has 0 saturated heterocycles. The molecule has 1 aromatic carbocycles. The Balaban J connectivity index is 2.10. The lowest BCUT2D eigenvalue weighted by Gasteiger charge is -2.22. The van der Waals surface area contributed by atoms with E-state index in [1.807, 2.05) is 6.92 Å². The molecular weight excluding hydrogens is 238 g/mol. The highest BCUT2D eigenvalue weighted by molar-refractivity contribution is 5.30. The third-order valence-electron chi connectivity index (χ3n) is 3.48. The van der Waals surface area contributed by atoms with Gasteiger partial charge in [0.2, 0.25) is 5.89 Å². The van der Waals surface area contributed by atoms with E-state index in [2.05, 4.69) is 61.1 Å². The fourth-order valence-electron chi connectivity index (χ4n) is 2.10. The highest BCUT2D eigenvalue weighted by Gasteiger charge is 2.18. The molecule has 4 heteroatoms. The Morgan fingerprint density at radius 2 is 2.00 bits per heavy atom. The van der Waals surface area contributed by atoms with Gasteiger partial charge in [-0.1, -0.05) is 28.9 Å². The van der Waals surface area contributed by atoms with E-state index in [1.165, 1.54) is 16.7 Å². The molecule has 1 aromatic heterocycles. The number of nitrogens with zero attached hydrogens (tertiary/aromatic N) is 3. The van der Waals surface area contributed by atoms with Crippen LogP contribution in [0.3, 0.4) is 0 Å². The van der Waals surface area contributed by atoms with Crippen LogP contribution in [0.15, 0.2) is 22.7 Å². The van der Waals surface area contributed by atoms with E-state index < -0.39 is 0 Å². The zero-order chi connectivity index (χ0) is 14.0. The summed E-state index contributed by atoms with van der Waals surface area (Å²) in [6, 6.07) is 6.66. The largest absolute Gasteiger partial charge is 0.338 e. The second-order valence-corrected chi connectivity index (χ2v) is 5.20. The topological polar surface area (TPSA) is 42.2 Å². The molecule has 0 unspecified atom stereocenters. The molecule has 0 amide bonds. The van der Waals surface area contributed by atoms with Gasteiger partial charge >= 0.3 is 0 Å². The molecule has 4 nitrogen and oxygen atoms in total. The molecule has 0 bridgehead atoms. The van der Waals surface area contributed by atoms with Crippen LogP contribution in [-0.4, -0.2) is 22.1 Å². The fraction of sp³-hybridized carbons (Fsp3) is 0.467. The molecule has 1 atom stereocenters. The van der Waals surface area contributed by atoms with Crippen LogP contribution in [0.4, 0.5) is 0 Å². The van der Waals surface area contributed by atoms with Crippen LogP contribution in [0.25, 0.3) is 0 Å². The second-order valence-electron chi connectivity index (χ2n) is 5.20. The summed E-state index contributed by atoms with van der Waals surface area (Å²) in [5.41, 5.74) is 3.95. The van der Waals surface area contributed by atoms with Crippen LogP contribution in [0, 0.1) is 20.8 Å². The Hall–Kier alpha value is -1.68. The zero-order valence-corrected chi connectivity index (χ0v) is 12.3. The summed E-state index contributed by atoms with van der Waals surface area (Å²) in [4.78, 5) is 6.50. The Kier molecular flexibility index (Phi) is 4.00. The molecule has 102 valence electrons. The first kappa shape index (κ1) is 13.7. The van der Waals surface area contributed by atoms with Gasteiger partial charge in [0.1, 0.15) is 0 Å². The molecule has 0 aliphatic carbocycles. The summed E-state index contributed by atoms with van der Waals surface area (Å²) in [5, 5.41) is 3.84. The predicted octanol–water partition coefficient (Wildman–Crippen LogP) is 3.19. The first-order chi connectivity index (χ1) is 8.97. The van der Waals surface area contributed by atoms with E-state index in [-0.39, 0.29) is 6.04 Å². The van der Waals surface area contributed by atoms with Crippen molar-refractivity contribution in [1.29, 1.82) is 0 Å². The van der Waals surface area contributed by atoms with Crippen molar-refractivity contribution in [1.82, 2.24) is 15.0 Å². The maximum atomic E-state index is 5.23. The van der Waals surface area contributed by atoms with Crippen LogP contribution in [0.5, 0.6) is 0 Å². The van der Waals surface area contributed by atoms with Crippen molar-refractivity contribution in [3.63, 3.8) is 0 Å². The van der Waals surface area contributed by atoms with E-state index in [9.17, 15) is 0 Å². The van der Waals surface area contributed by atoms with Crippen molar-refractivity contribution in [2.75, 3.05) is 7.05 Å². The van der Waals surface area contributed by atoms with Gasteiger partial charge in [0.15, 0.2) is 5.82 Å². The van der Waals surface area contributed by atoms with Crippen molar-refractivity contribution >= 4 is 0 Å². The van der Waals surface area contributed by atoms with Gasteiger partial charge in [0, 0.05) is 6.54 Å². The first-order valence-electron chi connectivity index (χ1n) is 6.54. The molecule has 2 aromatic rings. The van der Waals surface area contributed by atoms with Gasteiger partial charge in [-0.25, -0.2) is 0 Å². The average Bonchev–Trinajstić information content (AvgIpc) is 2.78. The van der Waals surface area contributed by atoms with Gasteiger partial charge in [-0.05, 0) is 45.9 Å². The molecule has 0 aliphatic rings. The second kappa shape index (κ2) is 5.53. The van der Waals surface area contributed by atoms with Crippen molar-refractivity contribution in [3.05, 3.63) is 46.6 Å². The summed E-state index contributed by atoms with van der Waals surface area (Å²) < 4.78 is 5.23. The number of benzene rings is 1. The zero-order valence-electron chi connectivity index (χ0n) is 12.3. The molecule has 19 heavy (non-hydrogen) atoms. The Bertz CT molecular complexity index is 562.